The highest BCUT2D eigenvalue weighted by Gasteiger charge is 2.44. The summed E-state index contributed by atoms with van der Waals surface area (Å²) in [5, 5.41) is 0. The van der Waals surface area contributed by atoms with Crippen molar-refractivity contribution in [1.82, 2.24) is 9.80 Å². The van der Waals surface area contributed by atoms with Gasteiger partial charge in [0.05, 0.1) is 26.2 Å². The second-order valence-electron chi connectivity index (χ2n) is 8.18. The molecule has 0 bridgehead atoms. The number of carbonyl (C=O) groups is 2. The Hall–Kier alpha value is -2.67. The van der Waals surface area contributed by atoms with Crippen molar-refractivity contribution in [3.63, 3.8) is 0 Å². The van der Waals surface area contributed by atoms with E-state index < -0.39 is 12.0 Å². The number of thioether (sulfide) groups is 1. The van der Waals surface area contributed by atoms with Gasteiger partial charge in [0, 0.05) is 30.6 Å². The van der Waals surface area contributed by atoms with Crippen LogP contribution in [-0.2, 0) is 4.79 Å². The molecule has 0 unspecified atom stereocenters. The first kappa shape index (κ1) is 25.0. The molecule has 178 valence electrons. The highest BCUT2D eigenvalue weighted by Crippen LogP contribution is 2.46. The Kier molecular flexibility index (Phi) is 8.30. The first-order chi connectivity index (χ1) is 15.9. The SMILES string of the molecule is CCCCN(CC)C(=O)[C@@H]1c2cc(OC)c(OC)cc2C(=O)N(C)[C@@H]1c1ccc(SC)cc1. The van der Waals surface area contributed by atoms with Gasteiger partial charge in [0.2, 0.25) is 5.91 Å². The van der Waals surface area contributed by atoms with Crippen LogP contribution in [0, 0.1) is 0 Å². The topological polar surface area (TPSA) is 59.1 Å². The summed E-state index contributed by atoms with van der Waals surface area (Å²) in [4.78, 5) is 32.2. The van der Waals surface area contributed by atoms with E-state index in [0.29, 0.717) is 35.7 Å². The summed E-state index contributed by atoms with van der Waals surface area (Å²) < 4.78 is 11.0. The van der Waals surface area contributed by atoms with Gasteiger partial charge in [-0.2, -0.15) is 0 Å². The molecule has 0 N–H and O–H groups in total. The van der Waals surface area contributed by atoms with E-state index >= 15 is 0 Å². The summed E-state index contributed by atoms with van der Waals surface area (Å²) in [6.45, 7) is 5.44. The molecule has 0 aromatic heterocycles. The number of methoxy groups -OCH3 is 2. The lowest BCUT2D eigenvalue weighted by molar-refractivity contribution is -0.134. The maximum absolute atomic E-state index is 14.0. The summed E-state index contributed by atoms with van der Waals surface area (Å²) in [6, 6.07) is 11.2. The van der Waals surface area contributed by atoms with Crippen LogP contribution in [0.2, 0.25) is 0 Å². The molecule has 6 nitrogen and oxygen atoms in total. The lowest BCUT2D eigenvalue weighted by atomic mass is 9.78. The number of carbonyl (C=O) groups excluding carboxylic acids is 2. The van der Waals surface area contributed by atoms with E-state index in [0.717, 1.165) is 23.3 Å². The number of amides is 2. The molecule has 3 rings (SSSR count). The molecule has 2 aromatic carbocycles. The van der Waals surface area contributed by atoms with Crippen molar-refractivity contribution in [2.24, 2.45) is 0 Å². The van der Waals surface area contributed by atoms with Gasteiger partial charge < -0.3 is 19.3 Å². The fourth-order valence-corrected chi connectivity index (χ4v) is 4.91. The molecular formula is C26H34N2O4S. The summed E-state index contributed by atoms with van der Waals surface area (Å²) >= 11 is 1.66. The van der Waals surface area contributed by atoms with Crippen molar-refractivity contribution >= 4 is 23.6 Å². The summed E-state index contributed by atoms with van der Waals surface area (Å²) in [7, 11) is 4.89. The lowest BCUT2D eigenvalue weighted by Gasteiger charge is -2.41. The van der Waals surface area contributed by atoms with Crippen molar-refractivity contribution in [3.8, 4) is 11.5 Å². The minimum Gasteiger partial charge on any atom is -0.493 e. The Morgan fingerprint density at radius 2 is 1.73 bits per heavy atom. The van der Waals surface area contributed by atoms with Crippen molar-refractivity contribution in [1.29, 1.82) is 0 Å². The normalized spacial score (nSPS) is 17.5. The van der Waals surface area contributed by atoms with E-state index in [1.807, 2.05) is 42.3 Å². The summed E-state index contributed by atoms with van der Waals surface area (Å²) in [5.41, 5.74) is 2.11. The quantitative estimate of drug-likeness (QED) is 0.484. The third-order valence-corrected chi connectivity index (χ3v) is 7.12. The summed E-state index contributed by atoms with van der Waals surface area (Å²) in [6.07, 6.45) is 3.97. The van der Waals surface area contributed by atoms with Crippen LogP contribution in [0.25, 0.3) is 0 Å². The van der Waals surface area contributed by atoms with Crippen LogP contribution in [-0.4, -0.2) is 62.2 Å². The Morgan fingerprint density at radius 1 is 1.09 bits per heavy atom. The van der Waals surface area contributed by atoms with Crippen LogP contribution in [0.4, 0.5) is 0 Å². The second-order valence-corrected chi connectivity index (χ2v) is 9.06. The number of unbranched alkanes of at least 4 members (excludes halogenated alkanes) is 1. The monoisotopic (exact) mass is 470 g/mol. The van der Waals surface area contributed by atoms with Crippen LogP contribution in [0.15, 0.2) is 41.3 Å². The highest BCUT2D eigenvalue weighted by molar-refractivity contribution is 7.98. The van der Waals surface area contributed by atoms with Gasteiger partial charge in [-0.1, -0.05) is 25.5 Å². The molecule has 2 aromatic rings. The van der Waals surface area contributed by atoms with Crippen molar-refractivity contribution in [3.05, 3.63) is 53.1 Å². The first-order valence-corrected chi connectivity index (χ1v) is 12.6. The smallest absolute Gasteiger partial charge is 0.254 e. The third kappa shape index (κ3) is 4.83. The van der Waals surface area contributed by atoms with Gasteiger partial charge in [-0.3, -0.25) is 9.59 Å². The molecule has 2 amide bonds. The molecule has 1 heterocycles. The minimum atomic E-state index is -0.542. The fourth-order valence-electron chi connectivity index (χ4n) is 4.50. The van der Waals surface area contributed by atoms with E-state index in [9.17, 15) is 9.59 Å². The molecule has 0 aliphatic carbocycles. The van der Waals surface area contributed by atoms with Crippen LogP contribution < -0.4 is 9.47 Å². The van der Waals surface area contributed by atoms with E-state index in [1.54, 1.807) is 50.1 Å². The molecule has 0 spiro atoms. The number of benzene rings is 2. The Bertz CT molecular complexity index is 993. The standard InChI is InChI=1S/C26H34N2O4S/c1-7-9-14-28(8-2)26(30)23-19-15-21(31-4)22(32-5)16-20(19)25(29)27(3)24(23)17-10-12-18(33-6)13-11-17/h10-13,15-16,23-24H,7-9,14H2,1-6H3/t23-,24-/m1/s1. The van der Waals surface area contributed by atoms with Gasteiger partial charge in [-0.25, -0.2) is 0 Å². The molecule has 0 saturated carbocycles. The Balaban J connectivity index is 2.21. The molecule has 2 atom stereocenters. The van der Waals surface area contributed by atoms with E-state index in [-0.39, 0.29) is 11.8 Å². The molecule has 1 aliphatic heterocycles. The van der Waals surface area contributed by atoms with Crippen molar-refractivity contribution < 1.29 is 19.1 Å². The number of nitrogens with zero attached hydrogens (tertiary/aromatic N) is 2. The number of rotatable bonds is 9. The van der Waals surface area contributed by atoms with E-state index in [2.05, 4.69) is 6.92 Å². The molecule has 7 heteroatoms. The molecule has 33 heavy (non-hydrogen) atoms. The largest absolute Gasteiger partial charge is 0.493 e. The average molecular weight is 471 g/mol. The van der Waals surface area contributed by atoms with Gasteiger partial charge in [-0.15, -0.1) is 11.8 Å². The minimum absolute atomic E-state index is 0.0257. The van der Waals surface area contributed by atoms with Crippen molar-refractivity contribution in [2.45, 2.75) is 43.5 Å². The number of ether oxygens (including phenoxy) is 2. The predicted octanol–water partition coefficient (Wildman–Crippen LogP) is 4.98. The van der Waals surface area contributed by atoms with Crippen molar-refractivity contribution in [2.75, 3.05) is 40.6 Å². The molecule has 0 radical (unpaired) electrons. The Morgan fingerprint density at radius 3 is 2.27 bits per heavy atom. The zero-order valence-electron chi connectivity index (χ0n) is 20.4. The maximum atomic E-state index is 14.0. The fraction of sp³-hybridized carbons (Fsp3) is 0.462. The highest BCUT2D eigenvalue weighted by atomic mass is 32.2. The van der Waals surface area contributed by atoms with Gasteiger partial charge in [-0.05, 0) is 55.0 Å². The number of likely N-dealkylation sites (N-methyl/N-ethyl adjacent to an activating group) is 2. The number of hydrogen-bond donors (Lipinski definition) is 0. The van der Waals surface area contributed by atoms with Gasteiger partial charge >= 0.3 is 0 Å². The van der Waals surface area contributed by atoms with Crippen LogP contribution in [0.3, 0.4) is 0 Å². The zero-order chi connectivity index (χ0) is 24.1. The summed E-state index contributed by atoms with van der Waals surface area (Å²) in [5.74, 6) is 0.340. The van der Waals surface area contributed by atoms with Crippen LogP contribution in [0.1, 0.15) is 60.1 Å². The number of fused-ring (bicyclic) bond motifs is 1. The van der Waals surface area contributed by atoms with Gasteiger partial charge in [0.1, 0.15) is 0 Å². The van der Waals surface area contributed by atoms with E-state index in [4.69, 9.17) is 9.47 Å². The second kappa shape index (κ2) is 11.0. The van der Waals surface area contributed by atoms with Crippen LogP contribution >= 0.6 is 11.8 Å². The Labute approximate surface area is 201 Å². The maximum Gasteiger partial charge on any atom is 0.254 e. The first-order valence-electron chi connectivity index (χ1n) is 11.4. The molecular weight excluding hydrogens is 436 g/mol. The van der Waals surface area contributed by atoms with Gasteiger partial charge in [0.25, 0.3) is 5.91 Å². The van der Waals surface area contributed by atoms with Gasteiger partial charge in [0.15, 0.2) is 11.5 Å². The average Bonchev–Trinajstić information content (AvgIpc) is 2.85. The molecule has 0 fully saturated rings. The lowest BCUT2D eigenvalue weighted by Crippen LogP contribution is -2.47. The number of hydrogen-bond acceptors (Lipinski definition) is 5. The molecule has 1 aliphatic rings. The zero-order valence-corrected chi connectivity index (χ0v) is 21.2. The molecule has 0 saturated heterocycles. The van der Waals surface area contributed by atoms with Crippen LogP contribution in [0.5, 0.6) is 11.5 Å². The van der Waals surface area contributed by atoms with E-state index in [1.165, 1.54) is 0 Å². The third-order valence-electron chi connectivity index (χ3n) is 6.37. The predicted molar refractivity (Wildman–Crippen MR) is 133 cm³/mol.